The third-order valence-corrected chi connectivity index (χ3v) is 3.68. The number of para-hydroxylation sites is 1. The molecule has 0 fully saturated rings. The maximum absolute atomic E-state index is 11.0. The van der Waals surface area contributed by atoms with Crippen molar-refractivity contribution in [2.75, 3.05) is 11.9 Å². The average molecular weight is 355 g/mol. The van der Waals surface area contributed by atoms with Crippen LogP contribution in [0.5, 0.6) is 5.75 Å². The van der Waals surface area contributed by atoms with Gasteiger partial charge in [0.15, 0.2) is 12.2 Å². The second kappa shape index (κ2) is 7.66. The van der Waals surface area contributed by atoms with Crippen LogP contribution in [0, 0.1) is 0 Å². The normalized spacial score (nSPS) is 12.4. The molecule has 0 radical (unpaired) electrons. The molecule has 26 heavy (non-hydrogen) atoms. The van der Waals surface area contributed by atoms with Crippen molar-refractivity contribution in [3.8, 4) is 5.75 Å². The van der Waals surface area contributed by atoms with Gasteiger partial charge >= 0.3 is 5.97 Å². The van der Waals surface area contributed by atoms with Crippen LogP contribution in [0.15, 0.2) is 47.0 Å². The summed E-state index contributed by atoms with van der Waals surface area (Å²) in [5.74, 6) is -0.322. The van der Waals surface area contributed by atoms with Crippen molar-refractivity contribution < 1.29 is 24.0 Å². The highest BCUT2D eigenvalue weighted by molar-refractivity contribution is 5.95. The van der Waals surface area contributed by atoms with Crippen LogP contribution in [0.2, 0.25) is 0 Å². The lowest BCUT2D eigenvalue weighted by molar-refractivity contribution is -0.136. The number of benzene rings is 2. The molecule has 1 aromatic heterocycles. The molecule has 1 amide bonds. The Morgan fingerprint density at radius 1 is 1.27 bits per heavy atom. The van der Waals surface area contributed by atoms with E-state index < -0.39 is 5.97 Å². The standard InChI is InChI=1S/C9H10N2O2.C9H7NO3/c10-4-6-1-2-8-7(3-6)11-9(12)5-13-8;11-9(12)5-7-6-3-1-2-4-8(6)13-10-7/h1-3H,4-5,10H2,(H,11,12);1-4H,5H2,(H,11,12). The smallest absolute Gasteiger partial charge is 0.309 e. The Morgan fingerprint density at radius 2 is 2.08 bits per heavy atom. The number of nitrogens with zero attached hydrogens (tertiary/aromatic N) is 1. The predicted octanol–water partition coefficient (Wildman–Crippen LogP) is 1.93. The Morgan fingerprint density at radius 3 is 2.85 bits per heavy atom. The Labute approximate surface area is 148 Å². The molecule has 2 aromatic carbocycles. The van der Waals surface area contributed by atoms with Gasteiger partial charge in [0.05, 0.1) is 12.1 Å². The van der Waals surface area contributed by atoms with Gasteiger partial charge in [-0.05, 0) is 29.8 Å². The fraction of sp³-hybridized carbons (Fsp3) is 0.167. The lowest BCUT2D eigenvalue weighted by Crippen LogP contribution is -2.25. The Hall–Kier alpha value is -3.39. The number of carboxylic acid groups (broad SMARTS) is 1. The van der Waals surface area contributed by atoms with E-state index in [1.54, 1.807) is 12.1 Å². The number of nitrogens with two attached hydrogens (primary N) is 1. The maximum Gasteiger partial charge on any atom is 0.309 e. The minimum atomic E-state index is -0.904. The number of aromatic nitrogens is 1. The van der Waals surface area contributed by atoms with Crippen LogP contribution in [0.3, 0.4) is 0 Å². The first kappa shape index (κ1) is 17.4. The molecule has 0 saturated carbocycles. The number of anilines is 1. The van der Waals surface area contributed by atoms with Crippen molar-refractivity contribution >= 4 is 28.5 Å². The van der Waals surface area contributed by atoms with Crippen LogP contribution in [0.1, 0.15) is 11.3 Å². The molecule has 1 aliphatic heterocycles. The van der Waals surface area contributed by atoms with E-state index in [-0.39, 0.29) is 18.9 Å². The number of ether oxygens (including phenoxy) is 1. The first-order chi connectivity index (χ1) is 12.6. The highest BCUT2D eigenvalue weighted by Gasteiger charge is 2.15. The van der Waals surface area contributed by atoms with E-state index in [1.807, 2.05) is 30.3 Å². The quantitative estimate of drug-likeness (QED) is 0.655. The highest BCUT2D eigenvalue weighted by Crippen LogP contribution is 2.28. The van der Waals surface area contributed by atoms with Crippen LogP contribution in [-0.4, -0.2) is 28.7 Å². The summed E-state index contributed by atoms with van der Waals surface area (Å²) in [5, 5.41) is 15.7. The fourth-order valence-electron chi connectivity index (χ4n) is 2.47. The molecule has 8 nitrogen and oxygen atoms in total. The summed E-state index contributed by atoms with van der Waals surface area (Å²) >= 11 is 0. The second-order valence-electron chi connectivity index (χ2n) is 5.57. The maximum atomic E-state index is 11.0. The molecule has 0 bridgehead atoms. The van der Waals surface area contributed by atoms with Crippen LogP contribution in [0.4, 0.5) is 5.69 Å². The van der Waals surface area contributed by atoms with Gasteiger partial charge in [-0.1, -0.05) is 23.4 Å². The number of nitrogens with one attached hydrogen (secondary N) is 1. The third-order valence-electron chi connectivity index (χ3n) is 3.68. The molecular weight excluding hydrogens is 338 g/mol. The summed E-state index contributed by atoms with van der Waals surface area (Å²) in [4.78, 5) is 21.4. The van der Waals surface area contributed by atoms with Gasteiger partial charge in [0, 0.05) is 11.9 Å². The van der Waals surface area contributed by atoms with Crippen LogP contribution < -0.4 is 15.8 Å². The number of aliphatic carboxylic acids is 1. The van der Waals surface area contributed by atoms with E-state index >= 15 is 0 Å². The van der Waals surface area contributed by atoms with E-state index in [0.29, 0.717) is 29.3 Å². The van der Waals surface area contributed by atoms with Crippen molar-refractivity contribution in [2.45, 2.75) is 13.0 Å². The molecule has 4 rings (SSSR count). The zero-order valence-electron chi connectivity index (χ0n) is 13.8. The number of carboxylic acids is 1. The molecule has 134 valence electrons. The van der Waals surface area contributed by atoms with E-state index in [2.05, 4.69) is 10.5 Å². The summed E-state index contributed by atoms with van der Waals surface area (Å²) in [6.07, 6.45) is -0.100. The highest BCUT2D eigenvalue weighted by atomic mass is 16.5. The largest absolute Gasteiger partial charge is 0.482 e. The molecule has 8 heteroatoms. The molecule has 0 saturated heterocycles. The number of hydrogen-bond donors (Lipinski definition) is 3. The number of carbonyl (C=O) groups excluding carboxylic acids is 1. The lowest BCUT2D eigenvalue weighted by Gasteiger charge is -2.18. The van der Waals surface area contributed by atoms with Crippen LogP contribution in [-0.2, 0) is 22.6 Å². The monoisotopic (exact) mass is 355 g/mol. The number of hydrogen-bond acceptors (Lipinski definition) is 6. The first-order valence-electron chi connectivity index (χ1n) is 7.87. The zero-order chi connectivity index (χ0) is 18.5. The minimum absolute atomic E-state index is 0.0922. The SMILES string of the molecule is NCc1ccc2c(c1)NC(=O)CO2.O=C(O)Cc1noc2ccccc12. The van der Waals surface area contributed by atoms with Crippen molar-refractivity contribution in [2.24, 2.45) is 5.73 Å². The molecule has 4 N–H and O–H groups in total. The average Bonchev–Trinajstić information content (AvgIpc) is 3.04. The number of amides is 1. The molecule has 2 heterocycles. The van der Waals surface area contributed by atoms with Crippen molar-refractivity contribution in [3.63, 3.8) is 0 Å². The molecule has 0 atom stereocenters. The summed E-state index contributed by atoms with van der Waals surface area (Å²) < 4.78 is 10.1. The van der Waals surface area contributed by atoms with Crippen molar-refractivity contribution in [1.82, 2.24) is 5.16 Å². The molecule has 3 aromatic rings. The van der Waals surface area contributed by atoms with Gasteiger partial charge < -0.3 is 25.4 Å². The van der Waals surface area contributed by atoms with Gasteiger partial charge in [0.25, 0.3) is 5.91 Å². The molecule has 0 spiro atoms. The van der Waals surface area contributed by atoms with Crippen LogP contribution in [0.25, 0.3) is 11.0 Å². The van der Waals surface area contributed by atoms with E-state index in [9.17, 15) is 9.59 Å². The third kappa shape index (κ3) is 3.98. The fourth-order valence-corrected chi connectivity index (χ4v) is 2.47. The van der Waals surface area contributed by atoms with Gasteiger partial charge in [-0.15, -0.1) is 0 Å². The summed E-state index contributed by atoms with van der Waals surface area (Å²) in [6, 6.07) is 12.7. The van der Waals surface area contributed by atoms with Gasteiger partial charge in [-0.25, -0.2) is 0 Å². The number of rotatable bonds is 3. The first-order valence-corrected chi connectivity index (χ1v) is 7.87. The van der Waals surface area contributed by atoms with Crippen molar-refractivity contribution in [3.05, 3.63) is 53.7 Å². The molecule has 0 aliphatic carbocycles. The van der Waals surface area contributed by atoms with Gasteiger partial charge in [-0.2, -0.15) is 0 Å². The Bertz CT molecular complexity index is 951. The summed E-state index contributed by atoms with van der Waals surface area (Å²) in [6.45, 7) is 0.554. The van der Waals surface area contributed by atoms with Gasteiger partial charge in [0.2, 0.25) is 0 Å². The van der Waals surface area contributed by atoms with Gasteiger partial charge in [0.1, 0.15) is 11.4 Å². The minimum Gasteiger partial charge on any atom is -0.482 e. The summed E-state index contributed by atoms with van der Waals surface area (Å²) in [7, 11) is 0. The Kier molecular flexibility index (Phi) is 5.14. The topological polar surface area (TPSA) is 128 Å². The zero-order valence-corrected chi connectivity index (χ0v) is 13.8. The van der Waals surface area contributed by atoms with Crippen LogP contribution >= 0.6 is 0 Å². The molecular formula is C18H17N3O5. The van der Waals surface area contributed by atoms with E-state index in [4.69, 9.17) is 20.1 Å². The Balaban J connectivity index is 0.000000151. The number of carbonyl (C=O) groups is 2. The van der Waals surface area contributed by atoms with Crippen molar-refractivity contribution in [1.29, 1.82) is 0 Å². The summed E-state index contributed by atoms with van der Waals surface area (Å²) in [5.41, 5.74) is 8.25. The van der Waals surface area contributed by atoms with E-state index in [1.165, 1.54) is 0 Å². The van der Waals surface area contributed by atoms with E-state index in [0.717, 1.165) is 10.9 Å². The lowest BCUT2D eigenvalue weighted by atomic mass is 10.1. The van der Waals surface area contributed by atoms with Gasteiger partial charge in [-0.3, -0.25) is 9.59 Å². The molecule has 1 aliphatic rings. The molecule has 0 unspecified atom stereocenters. The second-order valence-corrected chi connectivity index (χ2v) is 5.57. The predicted molar refractivity (Wildman–Crippen MR) is 93.8 cm³/mol. The number of fused-ring (bicyclic) bond motifs is 2.